The second kappa shape index (κ2) is 4.21. The minimum Gasteiger partial charge on any atom is -0.324 e. The summed E-state index contributed by atoms with van der Waals surface area (Å²) in [7, 11) is 0. The molecule has 12 heavy (non-hydrogen) atoms. The lowest BCUT2D eigenvalue weighted by molar-refractivity contribution is 0.650. The van der Waals surface area contributed by atoms with Crippen LogP contribution in [0.1, 0.15) is 31.9 Å². The third kappa shape index (κ3) is 1.64. The average Bonchev–Trinajstić information content (AvgIpc) is 2.47. The molecule has 0 unspecified atom stereocenters. The Bertz CT molecular complexity index is 241. The number of aryl methyl sites for hydroxylation is 1. The van der Waals surface area contributed by atoms with Gasteiger partial charge in [-0.25, -0.2) is 0 Å². The highest BCUT2D eigenvalue weighted by Crippen LogP contribution is 2.03. The van der Waals surface area contributed by atoms with Crippen molar-refractivity contribution in [2.45, 2.75) is 39.8 Å². The predicted molar refractivity (Wildman–Crippen MR) is 47.6 cm³/mol. The van der Waals surface area contributed by atoms with Gasteiger partial charge in [0.2, 0.25) is 0 Å². The summed E-state index contributed by atoms with van der Waals surface area (Å²) in [5.74, 6) is 1.95. The van der Waals surface area contributed by atoms with E-state index in [1.807, 2.05) is 0 Å². The molecule has 1 aromatic heterocycles. The van der Waals surface area contributed by atoms with E-state index in [1.54, 1.807) is 0 Å². The highest BCUT2D eigenvalue weighted by molar-refractivity contribution is 4.95. The lowest BCUT2D eigenvalue weighted by atomic mass is 10.3. The molecule has 1 aromatic rings. The molecule has 4 heteroatoms. The van der Waals surface area contributed by atoms with E-state index in [1.165, 1.54) is 0 Å². The van der Waals surface area contributed by atoms with E-state index >= 15 is 0 Å². The number of nitrogens with zero attached hydrogens (tertiary/aromatic N) is 3. The molecule has 1 rings (SSSR count). The van der Waals surface area contributed by atoms with Crippen molar-refractivity contribution in [2.24, 2.45) is 5.73 Å². The Morgan fingerprint density at radius 2 is 1.92 bits per heavy atom. The SMILES string of the molecule is CCCc1nnc(CN)n1CC. The van der Waals surface area contributed by atoms with Crippen molar-refractivity contribution >= 4 is 0 Å². The molecule has 0 spiro atoms. The Balaban J connectivity index is 2.88. The zero-order valence-corrected chi connectivity index (χ0v) is 7.75. The van der Waals surface area contributed by atoms with Gasteiger partial charge in [-0.15, -0.1) is 10.2 Å². The Kier molecular flexibility index (Phi) is 3.22. The van der Waals surface area contributed by atoms with Gasteiger partial charge in [-0.3, -0.25) is 0 Å². The Morgan fingerprint density at radius 1 is 1.25 bits per heavy atom. The molecule has 0 fully saturated rings. The van der Waals surface area contributed by atoms with E-state index in [0.29, 0.717) is 6.54 Å². The molecule has 0 aliphatic rings. The van der Waals surface area contributed by atoms with Crippen LogP contribution < -0.4 is 5.73 Å². The van der Waals surface area contributed by atoms with Crippen LogP contribution >= 0.6 is 0 Å². The van der Waals surface area contributed by atoms with Crippen LogP contribution in [-0.4, -0.2) is 14.8 Å². The van der Waals surface area contributed by atoms with Crippen LogP contribution in [0.4, 0.5) is 0 Å². The van der Waals surface area contributed by atoms with Gasteiger partial charge in [0.05, 0.1) is 6.54 Å². The predicted octanol–water partition coefficient (Wildman–Crippen LogP) is 0.709. The van der Waals surface area contributed by atoms with Gasteiger partial charge in [0, 0.05) is 13.0 Å². The van der Waals surface area contributed by atoms with Crippen LogP contribution in [-0.2, 0) is 19.5 Å². The van der Waals surface area contributed by atoms with Gasteiger partial charge in [-0.1, -0.05) is 6.92 Å². The van der Waals surface area contributed by atoms with E-state index in [9.17, 15) is 0 Å². The van der Waals surface area contributed by atoms with Crippen LogP contribution in [0.5, 0.6) is 0 Å². The molecule has 0 bridgehead atoms. The smallest absolute Gasteiger partial charge is 0.146 e. The molecular formula is C8H16N4. The fourth-order valence-corrected chi connectivity index (χ4v) is 1.30. The minimum atomic E-state index is 0.477. The second-order valence-corrected chi connectivity index (χ2v) is 2.73. The van der Waals surface area contributed by atoms with E-state index in [-0.39, 0.29) is 0 Å². The zero-order valence-electron chi connectivity index (χ0n) is 7.75. The standard InChI is InChI=1S/C8H16N4/c1-3-5-7-10-11-8(6-9)12(7)4-2/h3-6,9H2,1-2H3. The second-order valence-electron chi connectivity index (χ2n) is 2.73. The molecular weight excluding hydrogens is 152 g/mol. The number of rotatable bonds is 4. The largest absolute Gasteiger partial charge is 0.324 e. The number of aromatic nitrogens is 3. The van der Waals surface area contributed by atoms with Gasteiger partial charge < -0.3 is 10.3 Å². The highest BCUT2D eigenvalue weighted by atomic mass is 15.3. The van der Waals surface area contributed by atoms with Crippen LogP contribution in [0.3, 0.4) is 0 Å². The minimum absolute atomic E-state index is 0.477. The summed E-state index contributed by atoms with van der Waals surface area (Å²) in [5.41, 5.74) is 5.51. The van der Waals surface area contributed by atoms with Crippen molar-refractivity contribution in [1.82, 2.24) is 14.8 Å². The van der Waals surface area contributed by atoms with Gasteiger partial charge in [0.25, 0.3) is 0 Å². The molecule has 0 saturated carbocycles. The molecule has 0 amide bonds. The zero-order chi connectivity index (χ0) is 8.97. The first-order valence-corrected chi connectivity index (χ1v) is 4.44. The van der Waals surface area contributed by atoms with E-state index in [0.717, 1.165) is 31.0 Å². The molecule has 0 atom stereocenters. The van der Waals surface area contributed by atoms with Gasteiger partial charge in [0.15, 0.2) is 0 Å². The van der Waals surface area contributed by atoms with Crippen LogP contribution in [0.25, 0.3) is 0 Å². The van der Waals surface area contributed by atoms with E-state index in [4.69, 9.17) is 5.73 Å². The fourth-order valence-electron chi connectivity index (χ4n) is 1.30. The first-order chi connectivity index (χ1) is 5.83. The summed E-state index contributed by atoms with van der Waals surface area (Å²) < 4.78 is 2.09. The Hall–Kier alpha value is -0.900. The maximum atomic E-state index is 5.51. The summed E-state index contributed by atoms with van der Waals surface area (Å²) in [6.45, 7) is 5.61. The molecule has 1 heterocycles. The molecule has 0 aliphatic carbocycles. The number of hydrogen-bond acceptors (Lipinski definition) is 3. The molecule has 0 saturated heterocycles. The number of nitrogens with two attached hydrogens (primary N) is 1. The summed E-state index contributed by atoms with van der Waals surface area (Å²) in [4.78, 5) is 0. The van der Waals surface area contributed by atoms with Gasteiger partial charge in [-0.05, 0) is 13.3 Å². The molecule has 4 nitrogen and oxygen atoms in total. The van der Waals surface area contributed by atoms with Crippen molar-refractivity contribution in [3.63, 3.8) is 0 Å². The van der Waals surface area contributed by atoms with E-state index in [2.05, 4.69) is 28.6 Å². The monoisotopic (exact) mass is 168 g/mol. The lowest BCUT2D eigenvalue weighted by Gasteiger charge is -2.04. The molecule has 68 valence electrons. The molecule has 0 aromatic carbocycles. The Labute approximate surface area is 72.8 Å². The third-order valence-electron chi connectivity index (χ3n) is 1.88. The van der Waals surface area contributed by atoms with Gasteiger partial charge in [0.1, 0.15) is 11.6 Å². The van der Waals surface area contributed by atoms with Crippen molar-refractivity contribution in [3.8, 4) is 0 Å². The lowest BCUT2D eigenvalue weighted by Crippen LogP contribution is -2.09. The summed E-state index contributed by atoms with van der Waals surface area (Å²) >= 11 is 0. The molecule has 2 N–H and O–H groups in total. The highest BCUT2D eigenvalue weighted by Gasteiger charge is 2.06. The van der Waals surface area contributed by atoms with Crippen molar-refractivity contribution < 1.29 is 0 Å². The summed E-state index contributed by atoms with van der Waals surface area (Å²) in [6, 6.07) is 0. The van der Waals surface area contributed by atoms with Crippen LogP contribution in [0.15, 0.2) is 0 Å². The summed E-state index contributed by atoms with van der Waals surface area (Å²) in [6.07, 6.45) is 2.09. The molecule has 0 radical (unpaired) electrons. The van der Waals surface area contributed by atoms with Crippen molar-refractivity contribution in [3.05, 3.63) is 11.6 Å². The van der Waals surface area contributed by atoms with Crippen molar-refractivity contribution in [1.29, 1.82) is 0 Å². The van der Waals surface area contributed by atoms with Crippen LogP contribution in [0, 0.1) is 0 Å². The first kappa shape index (κ1) is 9.19. The van der Waals surface area contributed by atoms with Gasteiger partial charge in [-0.2, -0.15) is 0 Å². The van der Waals surface area contributed by atoms with Crippen LogP contribution in [0.2, 0.25) is 0 Å². The maximum absolute atomic E-state index is 5.51. The maximum Gasteiger partial charge on any atom is 0.146 e. The topological polar surface area (TPSA) is 56.7 Å². The third-order valence-corrected chi connectivity index (χ3v) is 1.88. The van der Waals surface area contributed by atoms with E-state index < -0.39 is 0 Å². The quantitative estimate of drug-likeness (QED) is 0.720. The molecule has 0 aliphatic heterocycles. The number of hydrogen-bond donors (Lipinski definition) is 1. The normalized spacial score (nSPS) is 10.6. The van der Waals surface area contributed by atoms with Gasteiger partial charge >= 0.3 is 0 Å². The summed E-state index contributed by atoms with van der Waals surface area (Å²) in [5, 5.41) is 8.09. The van der Waals surface area contributed by atoms with Crippen molar-refractivity contribution in [2.75, 3.05) is 0 Å². The Morgan fingerprint density at radius 3 is 2.42 bits per heavy atom. The first-order valence-electron chi connectivity index (χ1n) is 4.44. The average molecular weight is 168 g/mol. The fraction of sp³-hybridized carbons (Fsp3) is 0.750.